The lowest BCUT2D eigenvalue weighted by Gasteiger charge is -2.20. The van der Waals surface area contributed by atoms with Crippen molar-refractivity contribution in [2.45, 2.75) is 26.3 Å². The first-order valence-electron chi connectivity index (χ1n) is 4.09. The van der Waals surface area contributed by atoms with E-state index in [-0.39, 0.29) is 18.6 Å². The summed E-state index contributed by atoms with van der Waals surface area (Å²) in [5.41, 5.74) is 0. The van der Waals surface area contributed by atoms with Crippen LogP contribution in [0.5, 0.6) is 0 Å². The maximum Gasteiger partial charge on any atom is 0.225 e. The van der Waals surface area contributed by atoms with Gasteiger partial charge < -0.3 is 5.11 Å². The number of alkyl halides is 1. The molecule has 0 aliphatic rings. The molecule has 13 heavy (non-hydrogen) atoms. The van der Waals surface area contributed by atoms with E-state index in [2.05, 4.69) is 4.72 Å². The highest BCUT2D eigenvalue weighted by Crippen LogP contribution is 2.07. The van der Waals surface area contributed by atoms with Gasteiger partial charge in [-0.25, -0.2) is 13.1 Å². The molecule has 0 aromatic heterocycles. The Labute approximate surface area is 84.3 Å². The summed E-state index contributed by atoms with van der Waals surface area (Å²) < 4.78 is 24.6. The summed E-state index contributed by atoms with van der Waals surface area (Å²) in [6.07, 6.45) is 0.411. The van der Waals surface area contributed by atoms with Gasteiger partial charge in [-0.1, -0.05) is 13.8 Å². The molecule has 0 amide bonds. The molecule has 0 bridgehead atoms. The predicted molar refractivity (Wildman–Crippen MR) is 53.1 cm³/mol. The van der Waals surface area contributed by atoms with Crippen LogP contribution < -0.4 is 4.72 Å². The minimum absolute atomic E-state index is 0.0341. The number of hydrogen-bond acceptors (Lipinski definition) is 3. The number of halogens is 1. The Bertz CT molecular complexity index is 228. The minimum atomic E-state index is -3.38. The maximum absolute atomic E-state index is 11.1. The quantitative estimate of drug-likeness (QED) is 0.653. The lowest BCUT2D eigenvalue weighted by atomic mass is 10.0. The lowest BCUT2D eigenvalue weighted by Crippen LogP contribution is -2.39. The first kappa shape index (κ1) is 13.2. The van der Waals surface area contributed by atoms with Gasteiger partial charge in [0.05, 0.1) is 0 Å². The van der Waals surface area contributed by atoms with Crippen LogP contribution >= 0.6 is 11.6 Å². The summed E-state index contributed by atoms with van der Waals surface area (Å²) in [6.45, 7) is 3.74. The molecule has 1 unspecified atom stereocenters. The molecular formula is C7H16ClNO3S. The first-order valence-corrected chi connectivity index (χ1v) is 6.28. The van der Waals surface area contributed by atoms with Crippen LogP contribution in [-0.2, 0) is 10.0 Å². The number of aliphatic hydroxyl groups excluding tert-OH is 1. The van der Waals surface area contributed by atoms with Crippen LogP contribution in [0.3, 0.4) is 0 Å². The Balaban J connectivity index is 4.26. The van der Waals surface area contributed by atoms with E-state index < -0.39 is 15.2 Å². The molecule has 4 nitrogen and oxygen atoms in total. The maximum atomic E-state index is 11.1. The summed E-state index contributed by atoms with van der Waals surface area (Å²) in [7, 11) is -3.38. The van der Waals surface area contributed by atoms with Gasteiger partial charge in [0.25, 0.3) is 0 Å². The number of nitrogens with one attached hydrogen (secondary N) is 1. The normalized spacial score (nSPS) is 14.8. The lowest BCUT2D eigenvalue weighted by molar-refractivity contribution is 0.256. The fraction of sp³-hybridized carbons (Fsp3) is 1.00. The summed E-state index contributed by atoms with van der Waals surface area (Å²) in [6, 6.07) is -0.242. The van der Waals surface area contributed by atoms with E-state index in [0.717, 1.165) is 0 Å². The smallest absolute Gasteiger partial charge is 0.225 e. The van der Waals surface area contributed by atoms with E-state index in [0.29, 0.717) is 6.42 Å². The highest BCUT2D eigenvalue weighted by Gasteiger charge is 2.19. The second kappa shape index (κ2) is 5.80. The molecular weight excluding hydrogens is 214 g/mol. The van der Waals surface area contributed by atoms with Crippen molar-refractivity contribution in [1.29, 1.82) is 0 Å². The van der Waals surface area contributed by atoms with Crippen molar-refractivity contribution in [2.24, 2.45) is 5.92 Å². The zero-order chi connectivity index (χ0) is 10.5. The molecule has 0 aromatic carbocycles. The minimum Gasteiger partial charge on any atom is -0.396 e. The van der Waals surface area contributed by atoms with Crippen LogP contribution in [0.2, 0.25) is 0 Å². The van der Waals surface area contributed by atoms with Crippen LogP contribution in [-0.4, -0.2) is 31.4 Å². The van der Waals surface area contributed by atoms with Gasteiger partial charge in [0.2, 0.25) is 10.0 Å². The van der Waals surface area contributed by atoms with E-state index in [9.17, 15) is 8.42 Å². The topological polar surface area (TPSA) is 66.4 Å². The molecule has 0 spiro atoms. The van der Waals surface area contributed by atoms with Crippen molar-refractivity contribution < 1.29 is 13.5 Å². The molecule has 0 saturated carbocycles. The van der Waals surface area contributed by atoms with Crippen molar-refractivity contribution in [2.75, 3.05) is 11.8 Å². The molecule has 0 aliphatic heterocycles. The van der Waals surface area contributed by atoms with Gasteiger partial charge in [-0.15, -0.1) is 11.6 Å². The number of rotatable bonds is 6. The van der Waals surface area contributed by atoms with E-state index in [1.165, 1.54) is 0 Å². The Hall–Kier alpha value is 0.160. The van der Waals surface area contributed by atoms with Gasteiger partial charge in [0, 0.05) is 12.6 Å². The summed E-state index contributed by atoms with van der Waals surface area (Å²) in [5, 5.41) is 8.24. The molecule has 0 radical (unpaired) electrons. The molecule has 0 aromatic rings. The standard InChI is InChI=1S/C7H16ClNO3S/c1-6(2)7(3-4-10)9-13(11,12)5-8/h6-7,9-10H,3-5H2,1-2H3. The Morgan fingerprint density at radius 2 is 2.00 bits per heavy atom. The molecule has 0 fully saturated rings. The van der Waals surface area contributed by atoms with Crippen molar-refractivity contribution in [3.63, 3.8) is 0 Å². The van der Waals surface area contributed by atoms with Crippen LogP contribution in [0.15, 0.2) is 0 Å². The molecule has 0 rings (SSSR count). The fourth-order valence-electron chi connectivity index (χ4n) is 0.930. The molecule has 2 N–H and O–H groups in total. The second-order valence-corrected chi connectivity index (χ2v) is 5.54. The van der Waals surface area contributed by atoms with Gasteiger partial charge in [-0.05, 0) is 12.3 Å². The predicted octanol–water partition coefficient (Wildman–Crippen LogP) is 0.509. The average Bonchev–Trinajstić information content (AvgIpc) is 2.03. The molecule has 80 valence electrons. The molecule has 6 heteroatoms. The van der Waals surface area contributed by atoms with Crippen molar-refractivity contribution in [3.05, 3.63) is 0 Å². The van der Waals surface area contributed by atoms with E-state index in [1.807, 2.05) is 13.8 Å². The highest BCUT2D eigenvalue weighted by atomic mass is 35.5. The van der Waals surface area contributed by atoms with Crippen LogP contribution in [0, 0.1) is 5.92 Å². The van der Waals surface area contributed by atoms with E-state index >= 15 is 0 Å². The van der Waals surface area contributed by atoms with Crippen molar-refractivity contribution >= 4 is 21.6 Å². The third kappa shape index (κ3) is 5.46. The monoisotopic (exact) mass is 229 g/mol. The number of hydrogen-bond donors (Lipinski definition) is 2. The van der Waals surface area contributed by atoms with Gasteiger partial charge in [0.1, 0.15) is 5.21 Å². The molecule has 0 saturated heterocycles. The average molecular weight is 230 g/mol. The molecule has 0 heterocycles. The largest absolute Gasteiger partial charge is 0.396 e. The van der Waals surface area contributed by atoms with Gasteiger partial charge in [-0.2, -0.15) is 0 Å². The van der Waals surface area contributed by atoms with Crippen molar-refractivity contribution in [3.8, 4) is 0 Å². The summed E-state index contributed by atoms with van der Waals surface area (Å²) >= 11 is 5.23. The summed E-state index contributed by atoms with van der Waals surface area (Å²) in [5.74, 6) is 0.144. The zero-order valence-corrected chi connectivity index (χ0v) is 9.40. The van der Waals surface area contributed by atoms with Crippen LogP contribution in [0.1, 0.15) is 20.3 Å². The Kier molecular flexibility index (Phi) is 5.87. The van der Waals surface area contributed by atoms with Crippen LogP contribution in [0.4, 0.5) is 0 Å². The summed E-state index contributed by atoms with van der Waals surface area (Å²) in [4.78, 5) is 0. The van der Waals surface area contributed by atoms with E-state index in [1.54, 1.807) is 0 Å². The number of sulfonamides is 1. The SMILES string of the molecule is CC(C)C(CCO)NS(=O)(=O)CCl. The Morgan fingerprint density at radius 3 is 2.31 bits per heavy atom. The van der Waals surface area contributed by atoms with Gasteiger partial charge in [0.15, 0.2) is 0 Å². The second-order valence-electron chi connectivity index (χ2n) is 3.20. The first-order chi connectivity index (χ1) is 5.93. The number of aliphatic hydroxyl groups is 1. The van der Waals surface area contributed by atoms with Crippen LogP contribution in [0.25, 0.3) is 0 Å². The molecule has 0 aliphatic carbocycles. The third-order valence-electron chi connectivity index (χ3n) is 1.72. The van der Waals surface area contributed by atoms with Crippen molar-refractivity contribution in [1.82, 2.24) is 4.72 Å². The van der Waals surface area contributed by atoms with Gasteiger partial charge in [-0.3, -0.25) is 0 Å². The third-order valence-corrected chi connectivity index (χ3v) is 3.53. The van der Waals surface area contributed by atoms with E-state index in [4.69, 9.17) is 16.7 Å². The highest BCUT2D eigenvalue weighted by molar-refractivity contribution is 7.90. The zero-order valence-electron chi connectivity index (χ0n) is 7.83. The van der Waals surface area contributed by atoms with Gasteiger partial charge >= 0.3 is 0 Å². The fourth-order valence-corrected chi connectivity index (χ4v) is 2.03. The Morgan fingerprint density at radius 1 is 1.46 bits per heavy atom. The molecule has 1 atom stereocenters.